The molecule has 0 spiro atoms. The Morgan fingerprint density at radius 1 is 1.46 bits per heavy atom. The molecular weight excluding hydrogens is 404 g/mol. The molecule has 0 aliphatic rings. The largest absolute Gasteiger partial charge is 0.326 e. The van der Waals surface area contributed by atoms with E-state index in [1.54, 1.807) is 0 Å². The first-order chi connectivity index (χ1) is 6.06. The van der Waals surface area contributed by atoms with E-state index in [1.165, 1.54) is 6.07 Å². The zero-order valence-corrected chi connectivity index (χ0v) is 10.7. The molecular formula is C7H6F2I2N2. The minimum atomic E-state index is -2.53. The number of alkyl halides is 2. The van der Waals surface area contributed by atoms with Crippen molar-refractivity contribution >= 4 is 45.2 Å². The van der Waals surface area contributed by atoms with E-state index in [2.05, 4.69) is 27.6 Å². The highest BCUT2D eigenvalue weighted by atomic mass is 127. The van der Waals surface area contributed by atoms with Gasteiger partial charge >= 0.3 is 0 Å². The Bertz CT molecular complexity index is 318. The van der Waals surface area contributed by atoms with Gasteiger partial charge in [-0.3, -0.25) is 0 Å². The van der Waals surface area contributed by atoms with Crippen LogP contribution < -0.4 is 5.73 Å². The van der Waals surface area contributed by atoms with E-state index in [0.717, 1.165) is 9.13 Å². The number of nitrogens with zero attached hydrogens (tertiary/aromatic N) is 1. The fourth-order valence-corrected chi connectivity index (χ4v) is 1.95. The lowest BCUT2D eigenvalue weighted by atomic mass is 10.2. The molecule has 6 heteroatoms. The molecule has 0 unspecified atom stereocenters. The SMILES string of the molecule is NCc1cc(C(F)F)nc(I)c1I. The van der Waals surface area contributed by atoms with Crippen molar-refractivity contribution in [1.82, 2.24) is 4.98 Å². The maximum atomic E-state index is 12.3. The summed E-state index contributed by atoms with van der Waals surface area (Å²) in [5.74, 6) is 0. The highest BCUT2D eigenvalue weighted by Crippen LogP contribution is 2.23. The van der Waals surface area contributed by atoms with E-state index >= 15 is 0 Å². The fourth-order valence-electron chi connectivity index (χ4n) is 0.829. The van der Waals surface area contributed by atoms with Gasteiger partial charge in [-0.1, -0.05) is 0 Å². The average molecular weight is 410 g/mol. The van der Waals surface area contributed by atoms with Crippen LogP contribution in [-0.2, 0) is 6.54 Å². The zero-order valence-electron chi connectivity index (χ0n) is 6.40. The van der Waals surface area contributed by atoms with Crippen molar-refractivity contribution in [3.8, 4) is 0 Å². The summed E-state index contributed by atoms with van der Waals surface area (Å²) in [5, 5.41) is 0. The number of halogens is 4. The lowest BCUT2D eigenvalue weighted by molar-refractivity contribution is 0.145. The molecule has 0 saturated heterocycles. The molecule has 2 nitrogen and oxygen atoms in total. The van der Waals surface area contributed by atoms with Crippen LogP contribution in [-0.4, -0.2) is 4.98 Å². The smallest absolute Gasteiger partial charge is 0.280 e. The van der Waals surface area contributed by atoms with Gasteiger partial charge in [-0.05, 0) is 56.8 Å². The summed E-state index contributed by atoms with van der Waals surface area (Å²) in [6.45, 7) is 0.260. The predicted molar refractivity (Wildman–Crippen MR) is 62.5 cm³/mol. The maximum absolute atomic E-state index is 12.3. The first-order valence-electron chi connectivity index (χ1n) is 3.39. The predicted octanol–water partition coefficient (Wildman–Crippen LogP) is 2.69. The van der Waals surface area contributed by atoms with Crippen molar-refractivity contribution in [2.24, 2.45) is 5.73 Å². The molecule has 0 saturated carbocycles. The van der Waals surface area contributed by atoms with Gasteiger partial charge in [0.15, 0.2) is 0 Å². The minimum Gasteiger partial charge on any atom is -0.326 e. The Kier molecular flexibility index (Phi) is 4.23. The van der Waals surface area contributed by atoms with Crippen LogP contribution in [0.15, 0.2) is 6.07 Å². The van der Waals surface area contributed by atoms with Gasteiger partial charge in [0, 0.05) is 10.1 Å². The summed E-state index contributed by atoms with van der Waals surface area (Å²) in [5.41, 5.74) is 5.92. The van der Waals surface area contributed by atoms with Crippen LogP contribution in [0, 0.1) is 7.27 Å². The van der Waals surface area contributed by atoms with E-state index in [-0.39, 0.29) is 12.2 Å². The minimum absolute atomic E-state index is 0.203. The molecule has 0 aliphatic carbocycles. The van der Waals surface area contributed by atoms with Gasteiger partial charge in [0.2, 0.25) is 0 Å². The van der Waals surface area contributed by atoms with E-state index in [1.807, 2.05) is 22.6 Å². The highest BCUT2D eigenvalue weighted by molar-refractivity contribution is 14.1. The molecule has 1 aromatic rings. The molecule has 0 radical (unpaired) electrons. The van der Waals surface area contributed by atoms with Crippen molar-refractivity contribution in [2.75, 3.05) is 0 Å². The number of nitrogens with two attached hydrogens (primary N) is 1. The summed E-state index contributed by atoms with van der Waals surface area (Å²) in [6, 6.07) is 1.36. The van der Waals surface area contributed by atoms with Crippen LogP contribution in [0.25, 0.3) is 0 Å². The van der Waals surface area contributed by atoms with E-state index in [4.69, 9.17) is 5.73 Å². The lowest BCUT2D eigenvalue weighted by Gasteiger charge is -2.06. The average Bonchev–Trinajstić information content (AvgIpc) is 2.09. The number of hydrogen-bond donors (Lipinski definition) is 1. The van der Waals surface area contributed by atoms with Crippen molar-refractivity contribution in [3.05, 3.63) is 24.6 Å². The maximum Gasteiger partial charge on any atom is 0.280 e. The quantitative estimate of drug-likeness (QED) is 0.602. The number of pyridine rings is 1. The van der Waals surface area contributed by atoms with Crippen molar-refractivity contribution in [3.63, 3.8) is 0 Å². The van der Waals surface area contributed by atoms with Gasteiger partial charge in [0.1, 0.15) is 9.39 Å². The third kappa shape index (κ3) is 2.69. The highest BCUT2D eigenvalue weighted by Gasteiger charge is 2.13. The van der Waals surface area contributed by atoms with Crippen molar-refractivity contribution < 1.29 is 8.78 Å². The molecule has 0 bridgehead atoms. The molecule has 72 valence electrons. The molecule has 0 atom stereocenters. The second kappa shape index (κ2) is 4.78. The summed E-state index contributed by atoms with van der Waals surface area (Å²) >= 11 is 3.97. The van der Waals surface area contributed by atoms with E-state index in [0.29, 0.717) is 3.70 Å². The van der Waals surface area contributed by atoms with Crippen LogP contribution >= 0.6 is 45.2 Å². The summed E-state index contributed by atoms with van der Waals surface area (Å²) < 4.78 is 26.0. The first-order valence-corrected chi connectivity index (χ1v) is 5.55. The van der Waals surface area contributed by atoms with Crippen LogP contribution in [0.4, 0.5) is 8.78 Å². The molecule has 2 N–H and O–H groups in total. The third-order valence-corrected chi connectivity index (χ3v) is 4.47. The van der Waals surface area contributed by atoms with Gasteiger partial charge < -0.3 is 5.73 Å². The monoisotopic (exact) mass is 410 g/mol. The summed E-state index contributed by atoms with van der Waals surface area (Å²) in [6.07, 6.45) is -2.53. The van der Waals surface area contributed by atoms with Gasteiger partial charge in [-0.2, -0.15) is 0 Å². The van der Waals surface area contributed by atoms with Crippen molar-refractivity contribution in [2.45, 2.75) is 13.0 Å². The van der Waals surface area contributed by atoms with Gasteiger partial charge in [0.05, 0.1) is 0 Å². The first kappa shape index (κ1) is 11.5. The fraction of sp³-hybridized carbons (Fsp3) is 0.286. The molecule has 0 amide bonds. The molecule has 0 aromatic carbocycles. The van der Waals surface area contributed by atoms with Gasteiger partial charge in [-0.15, -0.1) is 0 Å². The zero-order chi connectivity index (χ0) is 10.0. The summed E-state index contributed by atoms with van der Waals surface area (Å²) in [7, 11) is 0. The van der Waals surface area contributed by atoms with Crippen LogP contribution in [0.5, 0.6) is 0 Å². The Morgan fingerprint density at radius 2 is 2.08 bits per heavy atom. The van der Waals surface area contributed by atoms with E-state index in [9.17, 15) is 8.78 Å². The van der Waals surface area contributed by atoms with Gasteiger partial charge in [0.25, 0.3) is 6.43 Å². The van der Waals surface area contributed by atoms with Crippen molar-refractivity contribution in [1.29, 1.82) is 0 Å². The Labute approximate surface area is 102 Å². The Hall–Kier alpha value is 0.430. The Balaban J connectivity index is 3.22. The summed E-state index contributed by atoms with van der Waals surface area (Å²) in [4.78, 5) is 3.75. The molecule has 0 aliphatic heterocycles. The normalized spacial score (nSPS) is 10.9. The van der Waals surface area contributed by atoms with Crippen LogP contribution in [0.2, 0.25) is 0 Å². The second-order valence-corrected chi connectivity index (χ2v) is 4.42. The Morgan fingerprint density at radius 3 is 2.54 bits per heavy atom. The molecule has 13 heavy (non-hydrogen) atoms. The third-order valence-electron chi connectivity index (χ3n) is 1.46. The number of aromatic nitrogens is 1. The number of hydrogen-bond acceptors (Lipinski definition) is 2. The molecule has 0 fully saturated rings. The lowest BCUT2D eigenvalue weighted by Crippen LogP contribution is -2.05. The van der Waals surface area contributed by atoms with Crippen LogP contribution in [0.3, 0.4) is 0 Å². The molecule has 1 rings (SSSR count). The van der Waals surface area contributed by atoms with Gasteiger partial charge in [-0.25, -0.2) is 13.8 Å². The number of rotatable bonds is 2. The van der Waals surface area contributed by atoms with Crippen LogP contribution in [0.1, 0.15) is 17.7 Å². The molecule has 1 heterocycles. The van der Waals surface area contributed by atoms with E-state index < -0.39 is 6.43 Å². The topological polar surface area (TPSA) is 38.9 Å². The second-order valence-electron chi connectivity index (χ2n) is 2.32. The standard InChI is InChI=1S/C7H6F2I2N2/c8-6(9)4-1-3(2-12)5(10)7(11)13-4/h1,6H,2,12H2. The molecule has 1 aromatic heterocycles.